The van der Waals surface area contributed by atoms with E-state index >= 15 is 0 Å². The van der Waals surface area contributed by atoms with Gasteiger partial charge in [-0.25, -0.2) is 0 Å². The van der Waals surface area contributed by atoms with Crippen molar-refractivity contribution in [3.05, 3.63) is 78.1 Å². The van der Waals surface area contributed by atoms with Gasteiger partial charge in [-0.2, -0.15) is 5.10 Å². The number of nitrogens with zero attached hydrogens (tertiary/aromatic N) is 2. The van der Waals surface area contributed by atoms with Crippen molar-refractivity contribution < 1.29 is 9.90 Å². The van der Waals surface area contributed by atoms with E-state index in [1.165, 1.54) is 0 Å². The van der Waals surface area contributed by atoms with Gasteiger partial charge in [0.2, 0.25) is 0 Å². The summed E-state index contributed by atoms with van der Waals surface area (Å²) in [6, 6.07) is 16.8. The Bertz CT molecular complexity index is 827. The topological polar surface area (TPSA) is 67.2 Å². The highest BCUT2D eigenvalue weighted by Crippen LogP contribution is 2.19. The number of aromatic nitrogens is 2. The molecular formula is C19H19N3O2. The van der Waals surface area contributed by atoms with Gasteiger partial charge in [-0.05, 0) is 22.8 Å². The molecule has 5 heteroatoms. The number of carbonyl (C=O) groups is 1. The highest BCUT2D eigenvalue weighted by molar-refractivity contribution is 5.81. The molecule has 0 aliphatic carbocycles. The molecule has 1 heterocycles. The molecule has 0 aliphatic heterocycles. The molecular weight excluding hydrogens is 302 g/mol. The fraction of sp³-hybridized carbons (Fsp3) is 0.158. The number of rotatable bonds is 5. The van der Waals surface area contributed by atoms with Crippen molar-refractivity contribution in [2.24, 2.45) is 7.05 Å². The molecule has 3 aromatic rings. The standard InChI is InChI=1S/C19H19N3O2/c1-22-13-17(12-21-22)16-9-5-6-14(10-16)11-20-19(24)18(23)15-7-3-2-4-8-15/h2-10,12-13,18,23H,11H2,1H3,(H,20,24)/t18-/m1/s1. The van der Waals surface area contributed by atoms with Crippen molar-refractivity contribution in [2.75, 3.05) is 0 Å². The molecule has 5 nitrogen and oxygen atoms in total. The van der Waals surface area contributed by atoms with E-state index in [4.69, 9.17) is 0 Å². The number of nitrogens with one attached hydrogen (secondary N) is 1. The number of hydrogen-bond donors (Lipinski definition) is 2. The monoisotopic (exact) mass is 321 g/mol. The van der Waals surface area contributed by atoms with E-state index in [0.717, 1.165) is 16.7 Å². The molecule has 0 saturated heterocycles. The molecule has 3 rings (SSSR count). The quantitative estimate of drug-likeness (QED) is 0.758. The van der Waals surface area contributed by atoms with E-state index in [0.29, 0.717) is 12.1 Å². The second-order valence-corrected chi connectivity index (χ2v) is 5.63. The minimum Gasteiger partial charge on any atom is -0.378 e. The molecule has 24 heavy (non-hydrogen) atoms. The van der Waals surface area contributed by atoms with Gasteiger partial charge in [0.1, 0.15) is 0 Å². The second-order valence-electron chi connectivity index (χ2n) is 5.63. The zero-order chi connectivity index (χ0) is 16.9. The van der Waals surface area contributed by atoms with Crippen LogP contribution in [-0.4, -0.2) is 20.8 Å². The minimum atomic E-state index is -1.16. The Balaban J connectivity index is 1.65. The molecule has 0 unspecified atom stereocenters. The molecule has 1 aromatic heterocycles. The van der Waals surface area contributed by atoms with Crippen molar-refractivity contribution in [1.82, 2.24) is 15.1 Å². The molecule has 2 N–H and O–H groups in total. The number of hydrogen-bond acceptors (Lipinski definition) is 3. The Morgan fingerprint density at radius 1 is 1.17 bits per heavy atom. The molecule has 0 radical (unpaired) electrons. The van der Waals surface area contributed by atoms with Crippen LogP contribution in [-0.2, 0) is 18.4 Å². The van der Waals surface area contributed by atoms with Crippen LogP contribution in [0.2, 0.25) is 0 Å². The Hall–Kier alpha value is -2.92. The Kier molecular flexibility index (Phi) is 4.72. The average molecular weight is 321 g/mol. The molecule has 0 bridgehead atoms. The molecule has 0 spiro atoms. The van der Waals surface area contributed by atoms with Gasteiger partial charge in [0.15, 0.2) is 6.10 Å². The molecule has 1 amide bonds. The van der Waals surface area contributed by atoms with Crippen LogP contribution >= 0.6 is 0 Å². The van der Waals surface area contributed by atoms with E-state index in [9.17, 15) is 9.90 Å². The van der Waals surface area contributed by atoms with E-state index in [-0.39, 0.29) is 0 Å². The number of aryl methyl sites for hydroxylation is 1. The highest BCUT2D eigenvalue weighted by Gasteiger charge is 2.16. The summed E-state index contributed by atoms with van der Waals surface area (Å²) in [4.78, 5) is 12.1. The first-order chi connectivity index (χ1) is 11.6. The van der Waals surface area contributed by atoms with Crippen LogP contribution in [0, 0.1) is 0 Å². The van der Waals surface area contributed by atoms with E-state index < -0.39 is 12.0 Å². The summed E-state index contributed by atoms with van der Waals surface area (Å²) in [6.45, 7) is 0.358. The van der Waals surface area contributed by atoms with Crippen molar-refractivity contribution in [2.45, 2.75) is 12.6 Å². The summed E-state index contributed by atoms with van der Waals surface area (Å²) in [7, 11) is 1.87. The van der Waals surface area contributed by atoms with Crippen molar-refractivity contribution in [1.29, 1.82) is 0 Å². The lowest BCUT2D eigenvalue weighted by atomic mass is 10.1. The normalized spacial score (nSPS) is 11.9. The summed E-state index contributed by atoms with van der Waals surface area (Å²) < 4.78 is 1.75. The van der Waals surface area contributed by atoms with Gasteiger partial charge in [0.05, 0.1) is 6.20 Å². The lowest BCUT2D eigenvalue weighted by Crippen LogP contribution is -2.28. The maximum atomic E-state index is 12.1. The number of aliphatic hydroxyl groups excluding tert-OH is 1. The molecule has 1 atom stereocenters. The first kappa shape index (κ1) is 16.0. The third-order valence-electron chi connectivity index (χ3n) is 3.80. The van der Waals surface area contributed by atoms with Crippen molar-refractivity contribution in [3.63, 3.8) is 0 Å². The average Bonchev–Trinajstić information content (AvgIpc) is 3.06. The van der Waals surface area contributed by atoms with E-state index in [1.54, 1.807) is 35.1 Å². The smallest absolute Gasteiger partial charge is 0.253 e. The van der Waals surface area contributed by atoms with Crippen LogP contribution in [0.15, 0.2) is 67.0 Å². The van der Waals surface area contributed by atoms with Crippen LogP contribution in [0.5, 0.6) is 0 Å². The van der Waals surface area contributed by atoms with E-state index in [2.05, 4.69) is 10.4 Å². The first-order valence-corrected chi connectivity index (χ1v) is 7.72. The minimum absolute atomic E-state index is 0.358. The molecule has 2 aromatic carbocycles. The number of aliphatic hydroxyl groups is 1. The summed E-state index contributed by atoms with van der Waals surface area (Å²) in [6.07, 6.45) is 2.58. The fourth-order valence-corrected chi connectivity index (χ4v) is 2.50. The molecule has 0 aliphatic rings. The highest BCUT2D eigenvalue weighted by atomic mass is 16.3. The largest absolute Gasteiger partial charge is 0.378 e. The summed E-state index contributed by atoms with van der Waals surface area (Å²) in [5, 5.41) is 17.0. The van der Waals surface area contributed by atoms with Gasteiger partial charge in [-0.1, -0.05) is 48.5 Å². The third-order valence-corrected chi connectivity index (χ3v) is 3.80. The number of carbonyl (C=O) groups excluding carboxylic acids is 1. The lowest BCUT2D eigenvalue weighted by molar-refractivity contribution is -0.129. The third kappa shape index (κ3) is 3.70. The van der Waals surface area contributed by atoms with Crippen LogP contribution in [0.4, 0.5) is 0 Å². The number of benzene rings is 2. The summed E-state index contributed by atoms with van der Waals surface area (Å²) in [5.41, 5.74) is 3.61. The predicted octanol–water partition coefficient (Wildman–Crippen LogP) is 2.44. The maximum absolute atomic E-state index is 12.1. The van der Waals surface area contributed by atoms with Gasteiger partial charge in [0.25, 0.3) is 5.91 Å². The summed E-state index contributed by atoms with van der Waals surface area (Å²) >= 11 is 0. The lowest BCUT2D eigenvalue weighted by Gasteiger charge is -2.12. The van der Waals surface area contributed by atoms with Gasteiger partial charge in [-0.15, -0.1) is 0 Å². The first-order valence-electron chi connectivity index (χ1n) is 7.72. The van der Waals surface area contributed by atoms with Gasteiger partial charge < -0.3 is 10.4 Å². The zero-order valence-electron chi connectivity index (χ0n) is 13.4. The summed E-state index contributed by atoms with van der Waals surface area (Å²) in [5.74, 6) is -0.409. The Morgan fingerprint density at radius 3 is 2.67 bits per heavy atom. The Labute approximate surface area is 140 Å². The maximum Gasteiger partial charge on any atom is 0.253 e. The fourth-order valence-electron chi connectivity index (χ4n) is 2.50. The van der Waals surface area contributed by atoms with Crippen molar-refractivity contribution >= 4 is 5.91 Å². The van der Waals surface area contributed by atoms with Gasteiger partial charge >= 0.3 is 0 Å². The SMILES string of the molecule is Cn1cc(-c2cccc(CNC(=O)[C@H](O)c3ccccc3)c2)cn1. The molecule has 0 fully saturated rings. The van der Waals surface area contributed by atoms with Crippen LogP contribution in [0.1, 0.15) is 17.2 Å². The van der Waals surface area contributed by atoms with Crippen LogP contribution in [0.25, 0.3) is 11.1 Å². The predicted molar refractivity (Wildman–Crippen MR) is 91.9 cm³/mol. The van der Waals surface area contributed by atoms with Gasteiger partial charge in [0, 0.05) is 25.4 Å². The van der Waals surface area contributed by atoms with Crippen LogP contribution in [0.3, 0.4) is 0 Å². The number of amides is 1. The van der Waals surface area contributed by atoms with Gasteiger partial charge in [-0.3, -0.25) is 9.48 Å². The van der Waals surface area contributed by atoms with Crippen LogP contribution < -0.4 is 5.32 Å². The second kappa shape index (κ2) is 7.10. The van der Waals surface area contributed by atoms with Crippen molar-refractivity contribution in [3.8, 4) is 11.1 Å². The zero-order valence-corrected chi connectivity index (χ0v) is 13.4. The molecule has 122 valence electrons. The molecule has 0 saturated carbocycles. The van der Waals surface area contributed by atoms with E-state index in [1.807, 2.05) is 43.6 Å². The Morgan fingerprint density at radius 2 is 1.96 bits per heavy atom.